The zero-order valence-corrected chi connectivity index (χ0v) is 21.3. The second kappa shape index (κ2) is 9.76. The zero-order chi connectivity index (χ0) is 25.3. The molecule has 36 heavy (non-hydrogen) atoms. The largest absolute Gasteiger partial charge is 0.365 e. The van der Waals surface area contributed by atoms with Gasteiger partial charge in [-0.15, -0.1) is 0 Å². The molecule has 2 saturated heterocycles. The molecule has 2 aromatic carbocycles. The lowest BCUT2D eigenvalue weighted by Crippen LogP contribution is -2.63. The summed E-state index contributed by atoms with van der Waals surface area (Å²) >= 11 is 0. The maximum Gasteiger partial charge on any atom is 0.251 e. The number of nitrogens with one attached hydrogen (secondary N) is 2. The normalized spacial score (nSPS) is 17.7. The van der Waals surface area contributed by atoms with Gasteiger partial charge in [-0.1, -0.05) is 29.8 Å². The summed E-state index contributed by atoms with van der Waals surface area (Å²) in [4.78, 5) is 39.1. The smallest absolute Gasteiger partial charge is 0.251 e. The molecule has 2 N–H and O–H groups in total. The molecule has 0 aliphatic carbocycles. The average Bonchev–Trinajstić information content (AvgIpc) is 2.89. The second-order valence-corrected chi connectivity index (χ2v) is 10.5. The predicted octanol–water partition coefficient (Wildman–Crippen LogP) is 3.62. The summed E-state index contributed by atoms with van der Waals surface area (Å²) in [6.07, 6.45) is 1.84. The molecule has 0 radical (unpaired) electrons. The molecule has 188 valence electrons. The van der Waals surface area contributed by atoms with Crippen LogP contribution in [0.5, 0.6) is 0 Å². The van der Waals surface area contributed by atoms with Crippen molar-refractivity contribution < 1.29 is 9.59 Å². The Morgan fingerprint density at radius 2 is 1.75 bits per heavy atom. The molecule has 2 amide bonds. The Morgan fingerprint density at radius 1 is 1.03 bits per heavy atom. The van der Waals surface area contributed by atoms with E-state index in [1.54, 1.807) is 0 Å². The number of anilines is 2. The van der Waals surface area contributed by atoms with Crippen LogP contribution in [0.2, 0.25) is 0 Å². The first-order valence-corrected chi connectivity index (χ1v) is 12.7. The van der Waals surface area contributed by atoms with E-state index in [2.05, 4.69) is 15.5 Å². The number of aryl methyl sites for hydroxylation is 1. The lowest BCUT2D eigenvalue weighted by Gasteiger charge is -2.50. The van der Waals surface area contributed by atoms with Crippen molar-refractivity contribution in [3.8, 4) is 0 Å². The molecule has 2 aliphatic heterocycles. The fourth-order valence-corrected chi connectivity index (χ4v) is 5.12. The highest BCUT2D eigenvalue weighted by Crippen LogP contribution is 2.36. The van der Waals surface area contributed by atoms with E-state index in [1.807, 2.05) is 74.2 Å². The van der Waals surface area contributed by atoms with Crippen molar-refractivity contribution in [3.63, 3.8) is 0 Å². The van der Waals surface area contributed by atoms with E-state index >= 15 is 0 Å². The highest BCUT2D eigenvalue weighted by molar-refractivity contribution is 5.94. The minimum atomic E-state index is -0.215. The molecule has 8 nitrogen and oxygen atoms in total. The summed E-state index contributed by atoms with van der Waals surface area (Å²) < 4.78 is 0. The number of fused-ring (bicyclic) bond motifs is 1. The Bertz CT molecular complexity index is 1280. The van der Waals surface area contributed by atoms with Gasteiger partial charge in [-0.05, 0) is 57.9 Å². The van der Waals surface area contributed by atoms with Gasteiger partial charge >= 0.3 is 0 Å². The van der Waals surface area contributed by atoms with Crippen molar-refractivity contribution in [2.24, 2.45) is 5.41 Å². The molecule has 0 unspecified atom stereocenters. The first kappa shape index (κ1) is 24.0. The van der Waals surface area contributed by atoms with Crippen molar-refractivity contribution in [3.05, 3.63) is 59.7 Å². The van der Waals surface area contributed by atoms with E-state index in [9.17, 15) is 9.59 Å². The molecule has 0 spiro atoms. The van der Waals surface area contributed by atoms with Crippen LogP contribution in [-0.2, 0) is 4.79 Å². The minimum Gasteiger partial charge on any atom is -0.365 e. The molecule has 0 atom stereocenters. The molecule has 5 rings (SSSR count). The molecular weight excluding hydrogens is 452 g/mol. The van der Waals surface area contributed by atoms with Crippen LogP contribution in [0.1, 0.15) is 42.6 Å². The van der Waals surface area contributed by atoms with Crippen molar-refractivity contribution in [2.75, 3.05) is 42.9 Å². The van der Waals surface area contributed by atoms with Crippen molar-refractivity contribution in [1.29, 1.82) is 0 Å². The molecule has 3 heterocycles. The fraction of sp³-hybridized carbons (Fsp3) is 0.429. The molecule has 3 aromatic rings. The van der Waals surface area contributed by atoms with Gasteiger partial charge in [0, 0.05) is 44.3 Å². The van der Waals surface area contributed by atoms with Gasteiger partial charge in [-0.25, -0.2) is 9.97 Å². The molecule has 2 fully saturated rings. The molecule has 1 aromatic heterocycles. The topological polar surface area (TPSA) is 90.5 Å². The number of aromatic nitrogens is 2. The fourth-order valence-electron chi connectivity index (χ4n) is 5.12. The summed E-state index contributed by atoms with van der Waals surface area (Å²) in [7, 11) is 0. The number of carbonyl (C=O) groups excluding carboxylic acids is 2. The molecule has 0 bridgehead atoms. The lowest BCUT2D eigenvalue weighted by atomic mass is 9.80. The number of amides is 2. The van der Waals surface area contributed by atoms with Crippen molar-refractivity contribution in [1.82, 2.24) is 20.2 Å². The molecular formula is C28H34N6O2. The minimum absolute atomic E-state index is 0.0869. The monoisotopic (exact) mass is 486 g/mol. The quantitative estimate of drug-likeness (QED) is 0.392. The van der Waals surface area contributed by atoms with Gasteiger partial charge in [0.2, 0.25) is 5.91 Å². The van der Waals surface area contributed by atoms with Gasteiger partial charge in [0.05, 0.1) is 16.4 Å². The Kier molecular flexibility index (Phi) is 6.51. The van der Waals surface area contributed by atoms with Crippen LogP contribution in [0.15, 0.2) is 48.5 Å². The molecule has 8 heteroatoms. The van der Waals surface area contributed by atoms with Crippen molar-refractivity contribution in [2.45, 2.75) is 39.7 Å². The summed E-state index contributed by atoms with van der Waals surface area (Å²) in [6.45, 7) is 9.50. The number of carbonyl (C=O) groups is 2. The van der Waals surface area contributed by atoms with Crippen molar-refractivity contribution >= 4 is 34.5 Å². The lowest BCUT2D eigenvalue weighted by molar-refractivity contribution is -0.161. The van der Waals surface area contributed by atoms with Crippen LogP contribution >= 0.6 is 0 Å². The van der Waals surface area contributed by atoms with Crippen LogP contribution < -0.4 is 15.5 Å². The molecule has 0 saturated carbocycles. The van der Waals surface area contributed by atoms with Crippen LogP contribution in [0.25, 0.3) is 11.0 Å². The van der Waals surface area contributed by atoms with E-state index < -0.39 is 0 Å². The Labute approximate surface area is 212 Å². The van der Waals surface area contributed by atoms with E-state index in [1.165, 1.54) is 0 Å². The van der Waals surface area contributed by atoms with E-state index in [0.29, 0.717) is 24.7 Å². The first-order chi connectivity index (χ1) is 17.3. The van der Waals surface area contributed by atoms with E-state index in [4.69, 9.17) is 9.97 Å². The summed E-state index contributed by atoms with van der Waals surface area (Å²) in [5.74, 6) is 1.73. The number of benzene rings is 2. The zero-order valence-electron chi connectivity index (χ0n) is 21.3. The maximum atomic E-state index is 12.5. The second-order valence-electron chi connectivity index (χ2n) is 10.5. The summed E-state index contributed by atoms with van der Waals surface area (Å²) in [6, 6.07) is 15.7. The van der Waals surface area contributed by atoms with Crippen LogP contribution in [-0.4, -0.2) is 65.4 Å². The van der Waals surface area contributed by atoms with Crippen LogP contribution in [0.3, 0.4) is 0 Å². The Hall–Kier alpha value is -3.68. The Morgan fingerprint density at radius 3 is 2.42 bits per heavy atom. The first-order valence-electron chi connectivity index (χ1n) is 12.7. The van der Waals surface area contributed by atoms with Gasteiger partial charge in [0.15, 0.2) is 11.6 Å². The van der Waals surface area contributed by atoms with E-state index in [0.717, 1.165) is 60.7 Å². The highest BCUT2D eigenvalue weighted by Gasteiger charge is 2.47. The number of β-lactam (4-membered cyclic amide) rings is 1. The average molecular weight is 487 g/mol. The molecule has 2 aliphatic rings. The summed E-state index contributed by atoms with van der Waals surface area (Å²) in [5, 5.41) is 6.37. The van der Waals surface area contributed by atoms with Crippen LogP contribution in [0.4, 0.5) is 11.6 Å². The third kappa shape index (κ3) is 4.85. The van der Waals surface area contributed by atoms with Gasteiger partial charge in [0.25, 0.3) is 5.91 Å². The Balaban J connectivity index is 1.24. The third-order valence-electron chi connectivity index (χ3n) is 7.15. The van der Waals surface area contributed by atoms with Gasteiger partial charge in [-0.3, -0.25) is 9.59 Å². The van der Waals surface area contributed by atoms with Gasteiger partial charge < -0.3 is 20.4 Å². The maximum absolute atomic E-state index is 12.5. The number of hydrogen-bond acceptors (Lipinski definition) is 6. The van der Waals surface area contributed by atoms with Gasteiger partial charge in [0.1, 0.15) is 0 Å². The standard InChI is InChI=1S/C28H34N6O2/c1-19-7-6-8-20(17-19)26(35)30-14-13-29-24-25(32-23-10-5-4-9-22(23)31-24)33-15-11-21(12-16-33)34-18-28(2,3)27(34)36/h4-10,17,21H,11-16,18H2,1-3H3,(H,29,31)(H,30,35). The highest BCUT2D eigenvalue weighted by atomic mass is 16.2. The number of rotatable bonds is 7. The number of piperidine rings is 1. The predicted molar refractivity (Wildman–Crippen MR) is 142 cm³/mol. The van der Waals surface area contributed by atoms with Gasteiger partial charge in [-0.2, -0.15) is 0 Å². The number of hydrogen-bond donors (Lipinski definition) is 2. The SMILES string of the molecule is Cc1cccc(C(=O)NCCNc2nc3ccccc3nc2N2CCC(N3CC(C)(C)C3=O)CC2)c1. The number of para-hydroxylation sites is 2. The number of likely N-dealkylation sites (tertiary alicyclic amines) is 1. The summed E-state index contributed by atoms with van der Waals surface area (Å²) in [5.41, 5.74) is 3.19. The third-order valence-corrected chi connectivity index (χ3v) is 7.15. The van der Waals surface area contributed by atoms with Crippen LogP contribution in [0, 0.1) is 12.3 Å². The number of nitrogens with zero attached hydrogens (tertiary/aromatic N) is 4. The van der Waals surface area contributed by atoms with E-state index in [-0.39, 0.29) is 17.2 Å².